The lowest BCUT2D eigenvalue weighted by atomic mass is 10.2. The highest BCUT2D eigenvalue weighted by molar-refractivity contribution is 6.04. The number of hydrogen-bond acceptors (Lipinski definition) is 4. The molecule has 1 heterocycles. The maximum Gasteiger partial charge on any atom is 0.257 e. The zero-order valence-electron chi connectivity index (χ0n) is 15.2. The standard InChI is InChI=1S/C21H21FN4O/c1-26(2)20-9-7-18(8-10-20)25-21(27)16-11-19(14-23-13-16)24-12-15-3-5-17(22)6-4-15/h3-11,13-14,24H,12H2,1-2H3,(H,25,27). The Labute approximate surface area is 157 Å². The molecular formula is C21H21FN4O. The van der Waals surface area contributed by atoms with Crippen LogP contribution in [0.15, 0.2) is 67.0 Å². The number of aromatic nitrogens is 1. The topological polar surface area (TPSA) is 57.3 Å². The van der Waals surface area contributed by atoms with Crippen LogP contribution in [-0.2, 0) is 6.54 Å². The van der Waals surface area contributed by atoms with Crippen LogP contribution in [0.4, 0.5) is 21.5 Å². The highest BCUT2D eigenvalue weighted by Gasteiger charge is 2.08. The van der Waals surface area contributed by atoms with Crippen LogP contribution in [0.5, 0.6) is 0 Å². The van der Waals surface area contributed by atoms with Crippen LogP contribution in [0.1, 0.15) is 15.9 Å². The summed E-state index contributed by atoms with van der Waals surface area (Å²) in [6, 6.07) is 15.6. The Kier molecular flexibility index (Phi) is 5.66. The van der Waals surface area contributed by atoms with Gasteiger partial charge >= 0.3 is 0 Å². The van der Waals surface area contributed by atoms with Gasteiger partial charge in [0.05, 0.1) is 11.3 Å². The van der Waals surface area contributed by atoms with E-state index >= 15 is 0 Å². The molecule has 27 heavy (non-hydrogen) atoms. The predicted molar refractivity (Wildman–Crippen MR) is 107 cm³/mol. The Morgan fingerprint density at radius 1 is 1.00 bits per heavy atom. The Hall–Kier alpha value is -3.41. The van der Waals surface area contributed by atoms with Crippen molar-refractivity contribution in [2.24, 2.45) is 0 Å². The Morgan fingerprint density at radius 2 is 1.70 bits per heavy atom. The van der Waals surface area contributed by atoms with Crippen molar-refractivity contribution < 1.29 is 9.18 Å². The van der Waals surface area contributed by atoms with E-state index in [1.807, 2.05) is 43.3 Å². The van der Waals surface area contributed by atoms with E-state index in [9.17, 15) is 9.18 Å². The number of carbonyl (C=O) groups excluding carboxylic acids is 1. The molecule has 2 N–H and O–H groups in total. The number of benzene rings is 2. The monoisotopic (exact) mass is 364 g/mol. The van der Waals surface area contributed by atoms with Crippen LogP contribution in [-0.4, -0.2) is 25.0 Å². The van der Waals surface area contributed by atoms with Gasteiger partial charge in [-0.25, -0.2) is 4.39 Å². The summed E-state index contributed by atoms with van der Waals surface area (Å²) < 4.78 is 13.0. The first-order chi connectivity index (χ1) is 13.0. The van der Waals surface area contributed by atoms with E-state index in [0.717, 1.165) is 22.6 Å². The molecule has 0 aliphatic carbocycles. The van der Waals surface area contributed by atoms with E-state index in [1.54, 1.807) is 24.4 Å². The predicted octanol–water partition coefficient (Wildman–Crippen LogP) is 4.15. The van der Waals surface area contributed by atoms with E-state index < -0.39 is 0 Å². The molecule has 0 unspecified atom stereocenters. The van der Waals surface area contributed by atoms with Gasteiger partial charge in [0.15, 0.2) is 0 Å². The fraction of sp³-hybridized carbons (Fsp3) is 0.143. The van der Waals surface area contributed by atoms with Gasteiger partial charge in [0.2, 0.25) is 0 Å². The molecule has 0 radical (unpaired) electrons. The van der Waals surface area contributed by atoms with Gasteiger partial charge in [-0.2, -0.15) is 0 Å². The van der Waals surface area contributed by atoms with Crippen molar-refractivity contribution in [2.75, 3.05) is 29.6 Å². The molecule has 0 saturated heterocycles. The van der Waals surface area contributed by atoms with Crippen molar-refractivity contribution in [2.45, 2.75) is 6.54 Å². The molecule has 0 saturated carbocycles. The highest BCUT2D eigenvalue weighted by Crippen LogP contribution is 2.17. The average molecular weight is 364 g/mol. The number of pyridine rings is 1. The minimum absolute atomic E-state index is 0.231. The number of nitrogens with zero attached hydrogens (tertiary/aromatic N) is 2. The fourth-order valence-electron chi connectivity index (χ4n) is 2.51. The first kappa shape index (κ1) is 18.4. The smallest absolute Gasteiger partial charge is 0.257 e. The molecule has 2 aromatic carbocycles. The lowest BCUT2D eigenvalue weighted by Crippen LogP contribution is -2.13. The van der Waals surface area contributed by atoms with Gasteiger partial charge in [0.1, 0.15) is 5.82 Å². The number of rotatable bonds is 6. The second kappa shape index (κ2) is 8.31. The van der Waals surface area contributed by atoms with Crippen LogP contribution >= 0.6 is 0 Å². The van der Waals surface area contributed by atoms with E-state index in [0.29, 0.717) is 12.1 Å². The second-order valence-corrected chi connectivity index (χ2v) is 6.34. The van der Waals surface area contributed by atoms with Gasteiger partial charge in [-0.05, 0) is 48.0 Å². The first-order valence-electron chi connectivity index (χ1n) is 8.53. The summed E-state index contributed by atoms with van der Waals surface area (Å²) in [7, 11) is 3.92. The third-order valence-electron chi connectivity index (χ3n) is 4.05. The summed E-state index contributed by atoms with van der Waals surface area (Å²) in [5.74, 6) is -0.497. The molecule has 0 bridgehead atoms. The molecule has 138 valence electrons. The van der Waals surface area contributed by atoms with Crippen molar-refractivity contribution in [3.63, 3.8) is 0 Å². The maximum absolute atomic E-state index is 13.0. The van der Waals surface area contributed by atoms with Gasteiger partial charge in [-0.3, -0.25) is 9.78 Å². The molecule has 0 aliphatic rings. The number of amides is 1. The molecule has 1 aromatic heterocycles. The molecule has 3 rings (SSSR count). The second-order valence-electron chi connectivity index (χ2n) is 6.34. The molecule has 6 heteroatoms. The number of nitrogens with one attached hydrogen (secondary N) is 2. The van der Waals surface area contributed by atoms with Gasteiger partial charge in [-0.15, -0.1) is 0 Å². The van der Waals surface area contributed by atoms with Gasteiger partial charge in [-0.1, -0.05) is 12.1 Å². The largest absolute Gasteiger partial charge is 0.380 e. The summed E-state index contributed by atoms with van der Waals surface area (Å²) >= 11 is 0. The van der Waals surface area contributed by atoms with Gasteiger partial charge < -0.3 is 15.5 Å². The van der Waals surface area contributed by atoms with E-state index in [-0.39, 0.29) is 11.7 Å². The molecule has 0 fully saturated rings. The lowest BCUT2D eigenvalue weighted by molar-refractivity contribution is 0.102. The van der Waals surface area contributed by atoms with Crippen molar-refractivity contribution in [3.05, 3.63) is 83.9 Å². The molecule has 3 aromatic rings. The number of carbonyl (C=O) groups is 1. The SMILES string of the molecule is CN(C)c1ccc(NC(=O)c2cncc(NCc3ccc(F)cc3)c2)cc1. The van der Waals surface area contributed by atoms with E-state index in [1.165, 1.54) is 18.3 Å². The van der Waals surface area contributed by atoms with Gasteiger partial charge in [0.25, 0.3) is 5.91 Å². The van der Waals surface area contributed by atoms with Crippen molar-refractivity contribution in [1.82, 2.24) is 4.98 Å². The molecule has 1 amide bonds. The molecule has 0 atom stereocenters. The van der Waals surface area contributed by atoms with Crippen LogP contribution < -0.4 is 15.5 Å². The zero-order chi connectivity index (χ0) is 19.2. The van der Waals surface area contributed by atoms with E-state index in [2.05, 4.69) is 15.6 Å². The van der Waals surface area contributed by atoms with Crippen LogP contribution in [0.2, 0.25) is 0 Å². The third-order valence-corrected chi connectivity index (χ3v) is 4.05. The molecule has 5 nitrogen and oxygen atoms in total. The summed E-state index contributed by atoms with van der Waals surface area (Å²) in [5.41, 5.74) is 3.88. The van der Waals surface area contributed by atoms with Crippen molar-refractivity contribution >= 4 is 23.0 Å². The van der Waals surface area contributed by atoms with Crippen molar-refractivity contribution in [3.8, 4) is 0 Å². The normalized spacial score (nSPS) is 10.3. The summed E-state index contributed by atoms with van der Waals surface area (Å²) in [6.07, 6.45) is 3.17. The summed E-state index contributed by atoms with van der Waals surface area (Å²) in [5, 5.41) is 6.05. The Bertz CT molecular complexity index is 908. The number of halogens is 1. The van der Waals surface area contributed by atoms with Crippen LogP contribution in [0, 0.1) is 5.82 Å². The molecule has 0 aliphatic heterocycles. The minimum Gasteiger partial charge on any atom is -0.380 e. The number of anilines is 3. The highest BCUT2D eigenvalue weighted by atomic mass is 19.1. The van der Waals surface area contributed by atoms with Crippen LogP contribution in [0.25, 0.3) is 0 Å². The minimum atomic E-state index is -0.266. The Morgan fingerprint density at radius 3 is 2.37 bits per heavy atom. The zero-order valence-corrected chi connectivity index (χ0v) is 15.2. The summed E-state index contributed by atoms with van der Waals surface area (Å²) in [4.78, 5) is 18.6. The average Bonchev–Trinajstić information content (AvgIpc) is 2.68. The third kappa shape index (κ3) is 5.04. The lowest BCUT2D eigenvalue weighted by Gasteiger charge is -2.13. The molecular weight excluding hydrogens is 343 g/mol. The fourth-order valence-corrected chi connectivity index (χ4v) is 2.51. The Balaban J connectivity index is 1.63. The van der Waals surface area contributed by atoms with Gasteiger partial charge in [0, 0.05) is 44.4 Å². The van der Waals surface area contributed by atoms with Crippen molar-refractivity contribution in [1.29, 1.82) is 0 Å². The maximum atomic E-state index is 13.0. The summed E-state index contributed by atoms with van der Waals surface area (Å²) in [6.45, 7) is 0.513. The quantitative estimate of drug-likeness (QED) is 0.690. The number of hydrogen-bond donors (Lipinski definition) is 2. The van der Waals surface area contributed by atoms with Crippen LogP contribution in [0.3, 0.4) is 0 Å². The first-order valence-corrected chi connectivity index (χ1v) is 8.53. The van der Waals surface area contributed by atoms with E-state index in [4.69, 9.17) is 0 Å². The molecule has 0 spiro atoms.